The van der Waals surface area contributed by atoms with Crippen LogP contribution < -0.4 is 0 Å². The van der Waals surface area contributed by atoms with Gasteiger partial charge >= 0.3 is 0 Å². The van der Waals surface area contributed by atoms with Gasteiger partial charge in [0.05, 0.1) is 0 Å². The summed E-state index contributed by atoms with van der Waals surface area (Å²) in [6, 6.07) is -2.94. The van der Waals surface area contributed by atoms with Gasteiger partial charge in [-0.3, -0.25) is 0 Å². The number of hydrogen-bond donors (Lipinski definition) is 0. The maximum atomic E-state index is 6.27. The van der Waals surface area contributed by atoms with Crippen molar-refractivity contribution in [3.8, 4) is 0 Å². The Hall–Kier alpha value is 2.16. The molecule has 0 unspecified atom stereocenters. The molecule has 0 aliphatic carbocycles. The summed E-state index contributed by atoms with van der Waals surface area (Å²) in [6.07, 6.45) is 0. The first kappa shape index (κ1) is 41.6. The summed E-state index contributed by atoms with van der Waals surface area (Å²) < 4.78 is 0. The second-order valence-electron chi connectivity index (χ2n) is 16.3. The van der Waals surface area contributed by atoms with Gasteiger partial charge in [0.1, 0.15) is 0 Å². The topological polar surface area (TPSA) is 0 Å². The molecule has 0 N–H and O–H groups in total. The molecule has 0 rings (SSSR count). The molecule has 2 atom stereocenters. The van der Waals surface area contributed by atoms with Crippen LogP contribution in [0.1, 0.15) is 132 Å². The lowest BCUT2D eigenvalue weighted by Gasteiger charge is -2.49. The molecular formula is C29H68P4S2. The molecule has 0 amide bonds. The smallest absolute Gasteiger partial charge is 0.00725 e. The standard InChI is InChI=1S/C14H32P2S2.C14H32P2.CH4/c1-12(2,3)15(10,17)11-16(18,13(4,5)6)14(7,8)9;1-12(2,3)15(10)11-16(13(4,5)6)14(7,8)9;/h11H2,1-10H3;11H2,1-10H3;1H4/t2*15-;/m10./s1. The van der Waals surface area contributed by atoms with Crippen LogP contribution in [0, 0.1) is 0 Å². The van der Waals surface area contributed by atoms with Gasteiger partial charge in [0.25, 0.3) is 0 Å². The molecule has 0 heterocycles. The molecule has 0 aliphatic rings. The third-order valence-corrected chi connectivity index (χ3v) is 33.5. The molecule has 0 nitrogen and oxygen atoms in total. The molecule has 0 aromatic rings. The van der Waals surface area contributed by atoms with Crippen molar-refractivity contribution in [3.63, 3.8) is 0 Å². The van der Waals surface area contributed by atoms with Gasteiger partial charge in [0.2, 0.25) is 0 Å². The van der Waals surface area contributed by atoms with Crippen molar-refractivity contribution in [2.75, 3.05) is 25.1 Å². The fourth-order valence-corrected chi connectivity index (χ4v) is 27.1. The van der Waals surface area contributed by atoms with E-state index < -0.39 is 12.1 Å². The maximum absolute atomic E-state index is 6.27. The van der Waals surface area contributed by atoms with Crippen molar-refractivity contribution < 1.29 is 0 Å². The van der Waals surface area contributed by atoms with E-state index in [1.54, 1.807) is 0 Å². The molecule has 0 bridgehead atoms. The molecule has 0 aromatic carbocycles. The zero-order chi connectivity index (χ0) is 28.6. The van der Waals surface area contributed by atoms with Crippen LogP contribution in [0.2, 0.25) is 0 Å². The van der Waals surface area contributed by atoms with Gasteiger partial charge in [0.15, 0.2) is 0 Å². The summed E-state index contributed by atoms with van der Waals surface area (Å²) in [5.41, 5.74) is 0. The summed E-state index contributed by atoms with van der Waals surface area (Å²) >= 11 is 12.3. The van der Waals surface area contributed by atoms with Gasteiger partial charge in [0, 0.05) is 5.90 Å². The summed E-state index contributed by atoms with van der Waals surface area (Å²) in [5, 5.41) is 2.10. The summed E-state index contributed by atoms with van der Waals surface area (Å²) in [6.45, 7) is 47.3. The third-order valence-electron chi connectivity index (χ3n) is 7.17. The van der Waals surface area contributed by atoms with E-state index >= 15 is 0 Å². The first-order chi connectivity index (χ1) is 14.2. The average molecular weight is 605 g/mol. The van der Waals surface area contributed by atoms with Gasteiger partial charge < -0.3 is 0 Å². The minimum Gasteiger partial charge on any atom is -0.0999 e. The van der Waals surface area contributed by atoms with Crippen molar-refractivity contribution in [1.29, 1.82) is 0 Å². The van der Waals surface area contributed by atoms with Crippen LogP contribution >= 0.6 is 27.9 Å². The predicted octanol–water partition coefficient (Wildman–Crippen LogP) is 12.5. The largest absolute Gasteiger partial charge is 0.0999 e. The molecule has 0 saturated carbocycles. The molecular weight excluding hydrogens is 536 g/mol. The van der Waals surface area contributed by atoms with Crippen molar-refractivity contribution >= 4 is 51.5 Å². The molecule has 35 heavy (non-hydrogen) atoms. The minimum absolute atomic E-state index is 0. The first-order valence-electron chi connectivity index (χ1n) is 12.9. The lowest BCUT2D eigenvalue weighted by atomic mass is 10.2. The van der Waals surface area contributed by atoms with E-state index in [-0.39, 0.29) is 38.7 Å². The Kier molecular flexibility index (Phi) is 15.7. The van der Waals surface area contributed by atoms with Crippen LogP contribution in [-0.2, 0) is 23.6 Å². The zero-order valence-electron chi connectivity index (χ0n) is 27.0. The van der Waals surface area contributed by atoms with E-state index in [9.17, 15) is 0 Å². The maximum Gasteiger partial charge on any atom is 0.00725 e. The van der Waals surface area contributed by atoms with Gasteiger partial charge in [-0.2, -0.15) is 0 Å². The second kappa shape index (κ2) is 13.2. The molecule has 0 aromatic heterocycles. The fourth-order valence-electron chi connectivity index (χ4n) is 3.88. The van der Waals surface area contributed by atoms with Crippen molar-refractivity contribution in [2.24, 2.45) is 0 Å². The Morgan fingerprint density at radius 1 is 0.543 bits per heavy atom. The minimum atomic E-state index is -1.53. The third kappa shape index (κ3) is 12.9. The van der Waals surface area contributed by atoms with E-state index in [1.807, 2.05) is 0 Å². The van der Waals surface area contributed by atoms with Crippen molar-refractivity contribution in [3.05, 3.63) is 0 Å². The molecule has 6 heteroatoms. The fraction of sp³-hybridized carbons (Fsp3) is 1.00. The van der Waals surface area contributed by atoms with Crippen molar-refractivity contribution in [2.45, 2.75) is 163 Å². The highest BCUT2D eigenvalue weighted by Gasteiger charge is 2.45. The highest BCUT2D eigenvalue weighted by molar-refractivity contribution is 8.25. The van der Waals surface area contributed by atoms with Gasteiger partial charge in [-0.05, 0) is 62.2 Å². The van der Waals surface area contributed by atoms with Crippen LogP contribution in [0.4, 0.5) is 0 Å². The molecule has 216 valence electrons. The lowest BCUT2D eigenvalue weighted by molar-refractivity contribution is 0.705. The summed E-state index contributed by atoms with van der Waals surface area (Å²) in [7, 11) is 0.222. The average Bonchev–Trinajstić information content (AvgIpc) is 2.45. The van der Waals surface area contributed by atoms with Crippen LogP contribution in [0.25, 0.3) is 0 Å². The molecule has 0 radical (unpaired) electrons. The Balaban J connectivity index is -0.000000573. The zero-order valence-corrected chi connectivity index (χ0v) is 32.2. The molecule has 0 spiro atoms. The van der Waals surface area contributed by atoms with Gasteiger partial charge in [-0.1, -0.05) is 172 Å². The van der Waals surface area contributed by atoms with Crippen LogP contribution in [0.15, 0.2) is 0 Å². The number of hydrogen-bond acceptors (Lipinski definition) is 2. The quantitative estimate of drug-likeness (QED) is 0.293. The predicted molar refractivity (Wildman–Crippen MR) is 189 cm³/mol. The Bertz CT molecular complexity index is 696. The van der Waals surface area contributed by atoms with Gasteiger partial charge in [-0.25, -0.2) is 0 Å². The lowest BCUT2D eigenvalue weighted by Crippen LogP contribution is -2.32. The first-order valence-corrected chi connectivity index (χ1v) is 22.8. The normalized spacial score (nSPS) is 17.2. The molecule has 0 saturated heterocycles. The SMILES string of the molecule is C.CC(C)(C)P(=S)(C[P@@](C)(=S)C(C)(C)C)C(C)(C)C.C[P@@](CP(C(C)(C)C)C(C)(C)C)C(C)(C)C. The highest BCUT2D eigenvalue weighted by atomic mass is 32.5. The van der Waals surface area contributed by atoms with E-state index in [1.165, 1.54) is 5.90 Å². The summed E-state index contributed by atoms with van der Waals surface area (Å²) in [4.78, 5) is 0. The monoisotopic (exact) mass is 604 g/mol. The molecule has 0 fully saturated rings. The second-order valence-corrected chi connectivity index (χ2v) is 36.8. The van der Waals surface area contributed by atoms with Crippen LogP contribution in [0.5, 0.6) is 0 Å². The Labute approximate surface area is 238 Å². The van der Waals surface area contributed by atoms with Crippen molar-refractivity contribution in [1.82, 2.24) is 0 Å². The van der Waals surface area contributed by atoms with E-state index in [0.717, 1.165) is 5.90 Å². The Morgan fingerprint density at radius 3 is 1.00 bits per heavy atom. The van der Waals surface area contributed by atoms with Crippen LogP contribution in [-0.4, -0.2) is 56.1 Å². The summed E-state index contributed by atoms with van der Waals surface area (Å²) in [5.74, 6) is 2.57. The van der Waals surface area contributed by atoms with E-state index in [4.69, 9.17) is 23.6 Å². The highest BCUT2D eigenvalue weighted by Crippen LogP contribution is 2.75. The number of rotatable bonds is 4. The van der Waals surface area contributed by atoms with E-state index in [0.29, 0.717) is 15.5 Å². The Morgan fingerprint density at radius 2 is 0.829 bits per heavy atom. The van der Waals surface area contributed by atoms with E-state index in [2.05, 4.69) is 138 Å². The van der Waals surface area contributed by atoms with Gasteiger partial charge in [-0.15, -0.1) is 0 Å². The van der Waals surface area contributed by atoms with Crippen LogP contribution in [0.3, 0.4) is 0 Å². The molecule has 0 aliphatic heterocycles.